The molecule has 0 saturated heterocycles. The molecule has 0 saturated carbocycles. The molecule has 1 N–H and O–H groups in total. The van der Waals surface area contributed by atoms with Gasteiger partial charge in [0.25, 0.3) is 0 Å². The van der Waals surface area contributed by atoms with Gasteiger partial charge in [-0.3, -0.25) is 4.99 Å². The lowest BCUT2D eigenvalue weighted by molar-refractivity contribution is 0.0600. The largest absolute Gasteiger partial charge is 0.465 e. The number of aliphatic imine (C=N–C) groups is 1. The van der Waals surface area contributed by atoms with Crippen LogP contribution in [-0.2, 0) is 17.7 Å². The standard InChI is InChI=1S/C19H26N4O2S/c1-5-20-19(23(3)12-17-13-26-14(2)22-17)21-11-10-15-6-8-16(9-7-15)18(24)25-4/h6-9,13H,5,10-12H2,1-4H3,(H,20,21). The van der Waals surface area contributed by atoms with Crippen LogP contribution >= 0.6 is 11.3 Å². The summed E-state index contributed by atoms with van der Waals surface area (Å²) < 4.78 is 4.71. The van der Waals surface area contributed by atoms with E-state index in [1.807, 2.05) is 26.1 Å². The molecule has 0 spiro atoms. The molecule has 26 heavy (non-hydrogen) atoms. The van der Waals surface area contributed by atoms with Crippen molar-refractivity contribution in [3.8, 4) is 0 Å². The first-order valence-electron chi connectivity index (χ1n) is 8.61. The topological polar surface area (TPSA) is 66.8 Å². The molecule has 6 nitrogen and oxygen atoms in total. The Morgan fingerprint density at radius 2 is 2.08 bits per heavy atom. The Morgan fingerprint density at radius 1 is 1.35 bits per heavy atom. The first-order valence-corrected chi connectivity index (χ1v) is 9.49. The summed E-state index contributed by atoms with van der Waals surface area (Å²) in [6.07, 6.45) is 0.806. The molecular weight excluding hydrogens is 348 g/mol. The first kappa shape index (κ1) is 19.9. The molecule has 0 aliphatic carbocycles. The highest BCUT2D eigenvalue weighted by Crippen LogP contribution is 2.10. The Balaban J connectivity index is 1.94. The van der Waals surface area contributed by atoms with Crippen molar-refractivity contribution >= 4 is 23.3 Å². The van der Waals surface area contributed by atoms with Crippen LogP contribution in [0.1, 0.15) is 33.5 Å². The highest BCUT2D eigenvalue weighted by molar-refractivity contribution is 7.09. The van der Waals surface area contributed by atoms with Gasteiger partial charge < -0.3 is 15.0 Å². The minimum atomic E-state index is -0.317. The Morgan fingerprint density at radius 3 is 2.65 bits per heavy atom. The van der Waals surface area contributed by atoms with Gasteiger partial charge in [-0.25, -0.2) is 9.78 Å². The van der Waals surface area contributed by atoms with Crippen LogP contribution in [0.15, 0.2) is 34.6 Å². The van der Waals surface area contributed by atoms with Crippen LogP contribution in [0.2, 0.25) is 0 Å². The molecular formula is C19H26N4O2S. The van der Waals surface area contributed by atoms with E-state index in [0.717, 1.165) is 41.7 Å². The molecule has 140 valence electrons. The SMILES string of the molecule is CCNC(=NCCc1ccc(C(=O)OC)cc1)N(C)Cc1csc(C)n1. The second-order valence-electron chi connectivity index (χ2n) is 5.89. The predicted molar refractivity (Wildman–Crippen MR) is 106 cm³/mol. The normalized spacial score (nSPS) is 11.3. The number of ether oxygens (including phenoxy) is 1. The molecule has 2 aromatic rings. The van der Waals surface area contributed by atoms with Crippen molar-refractivity contribution in [3.05, 3.63) is 51.5 Å². The molecule has 1 aromatic heterocycles. The van der Waals surface area contributed by atoms with E-state index in [-0.39, 0.29) is 5.97 Å². The number of rotatable bonds is 7. The summed E-state index contributed by atoms with van der Waals surface area (Å²) >= 11 is 1.66. The number of carbonyl (C=O) groups is 1. The van der Waals surface area contributed by atoms with E-state index in [2.05, 4.69) is 27.5 Å². The zero-order chi connectivity index (χ0) is 18.9. The van der Waals surface area contributed by atoms with E-state index in [9.17, 15) is 4.79 Å². The molecule has 0 atom stereocenters. The van der Waals surface area contributed by atoms with Gasteiger partial charge in [0.2, 0.25) is 0 Å². The molecule has 0 unspecified atom stereocenters. The molecule has 0 aliphatic rings. The summed E-state index contributed by atoms with van der Waals surface area (Å²) in [6, 6.07) is 7.45. The monoisotopic (exact) mass is 374 g/mol. The lowest BCUT2D eigenvalue weighted by Gasteiger charge is -2.21. The number of hydrogen-bond acceptors (Lipinski definition) is 5. The van der Waals surface area contributed by atoms with Gasteiger partial charge in [0, 0.05) is 25.5 Å². The lowest BCUT2D eigenvalue weighted by Crippen LogP contribution is -2.38. The second kappa shape index (κ2) is 9.91. The maximum Gasteiger partial charge on any atom is 0.337 e. The van der Waals surface area contributed by atoms with Gasteiger partial charge in [0.05, 0.1) is 29.9 Å². The van der Waals surface area contributed by atoms with Crippen molar-refractivity contribution in [2.45, 2.75) is 26.8 Å². The van der Waals surface area contributed by atoms with E-state index >= 15 is 0 Å². The van der Waals surface area contributed by atoms with Gasteiger partial charge in [-0.15, -0.1) is 11.3 Å². The van der Waals surface area contributed by atoms with E-state index in [1.54, 1.807) is 23.5 Å². The molecule has 0 radical (unpaired) electrons. The number of esters is 1. The zero-order valence-corrected chi connectivity index (χ0v) is 16.6. The second-order valence-corrected chi connectivity index (χ2v) is 6.95. The molecule has 1 heterocycles. The fourth-order valence-corrected chi connectivity index (χ4v) is 3.09. The highest BCUT2D eigenvalue weighted by Gasteiger charge is 2.09. The van der Waals surface area contributed by atoms with Crippen LogP contribution in [-0.4, -0.2) is 49.1 Å². The van der Waals surface area contributed by atoms with Crippen molar-refractivity contribution in [1.82, 2.24) is 15.2 Å². The number of aromatic nitrogens is 1. The molecule has 0 fully saturated rings. The van der Waals surface area contributed by atoms with Crippen LogP contribution in [0.4, 0.5) is 0 Å². The van der Waals surface area contributed by atoms with Gasteiger partial charge in [-0.05, 0) is 38.0 Å². The number of methoxy groups -OCH3 is 1. The number of benzene rings is 1. The Bertz CT molecular complexity index is 740. The maximum atomic E-state index is 11.5. The third kappa shape index (κ3) is 5.84. The Kier molecular flexibility index (Phi) is 7.59. The quantitative estimate of drug-likeness (QED) is 0.459. The van der Waals surface area contributed by atoms with Crippen LogP contribution in [0, 0.1) is 6.92 Å². The number of guanidine groups is 1. The van der Waals surface area contributed by atoms with E-state index in [4.69, 9.17) is 9.73 Å². The lowest BCUT2D eigenvalue weighted by atomic mass is 10.1. The first-order chi connectivity index (χ1) is 12.5. The van der Waals surface area contributed by atoms with Crippen LogP contribution in [0.25, 0.3) is 0 Å². The minimum absolute atomic E-state index is 0.317. The van der Waals surface area contributed by atoms with Crippen LogP contribution in [0.5, 0.6) is 0 Å². The average Bonchev–Trinajstić information content (AvgIpc) is 3.05. The summed E-state index contributed by atoms with van der Waals surface area (Å²) in [6.45, 7) is 6.28. The van der Waals surface area contributed by atoms with Gasteiger partial charge in [-0.1, -0.05) is 12.1 Å². The number of nitrogens with zero attached hydrogens (tertiary/aromatic N) is 3. The van der Waals surface area contributed by atoms with Gasteiger partial charge in [0.15, 0.2) is 5.96 Å². The van der Waals surface area contributed by atoms with E-state index < -0.39 is 0 Å². The maximum absolute atomic E-state index is 11.5. The fourth-order valence-electron chi connectivity index (χ4n) is 2.48. The van der Waals surface area contributed by atoms with Crippen molar-refractivity contribution in [2.75, 3.05) is 27.2 Å². The van der Waals surface area contributed by atoms with Crippen molar-refractivity contribution < 1.29 is 9.53 Å². The summed E-state index contributed by atoms with van der Waals surface area (Å²) in [7, 11) is 3.40. The molecule has 2 rings (SSSR count). The highest BCUT2D eigenvalue weighted by atomic mass is 32.1. The number of aryl methyl sites for hydroxylation is 1. The third-order valence-corrected chi connectivity index (χ3v) is 4.62. The molecule has 1 aromatic carbocycles. The Labute approximate surface area is 158 Å². The number of thiazole rings is 1. The summed E-state index contributed by atoms with van der Waals surface area (Å²) in [5.74, 6) is 0.548. The number of nitrogens with one attached hydrogen (secondary N) is 1. The third-order valence-electron chi connectivity index (χ3n) is 3.80. The minimum Gasteiger partial charge on any atom is -0.465 e. The molecule has 0 amide bonds. The smallest absolute Gasteiger partial charge is 0.337 e. The number of carbonyl (C=O) groups excluding carboxylic acids is 1. The van der Waals surface area contributed by atoms with Gasteiger partial charge >= 0.3 is 5.97 Å². The van der Waals surface area contributed by atoms with E-state index in [1.165, 1.54) is 7.11 Å². The van der Waals surface area contributed by atoms with Gasteiger partial charge in [-0.2, -0.15) is 0 Å². The average molecular weight is 375 g/mol. The van der Waals surface area contributed by atoms with Crippen molar-refractivity contribution in [3.63, 3.8) is 0 Å². The summed E-state index contributed by atoms with van der Waals surface area (Å²) in [5, 5.41) is 6.47. The molecule has 0 bridgehead atoms. The number of hydrogen-bond donors (Lipinski definition) is 1. The van der Waals surface area contributed by atoms with Gasteiger partial charge in [0.1, 0.15) is 0 Å². The zero-order valence-electron chi connectivity index (χ0n) is 15.8. The van der Waals surface area contributed by atoms with Crippen LogP contribution < -0.4 is 5.32 Å². The Hall–Kier alpha value is -2.41. The summed E-state index contributed by atoms with van der Waals surface area (Å²) in [5.41, 5.74) is 2.75. The predicted octanol–water partition coefficient (Wildman–Crippen LogP) is 2.88. The molecule has 7 heteroatoms. The van der Waals surface area contributed by atoms with E-state index in [0.29, 0.717) is 12.1 Å². The van der Waals surface area contributed by atoms with Crippen molar-refractivity contribution in [2.24, 2.45) is 4.99 Å². The summed E-state index contributed by atoms with van der Waals surface area (Å²) in [4.78, 5) is 22.8. The van der Waals surface area contributed by atoms with Crippen molar-refractivity contribution in [1.29, 1.82) is 0 Å². The molecule has 0 aliphatic heterocycles. The fraction of sp³-hybridized carbons (Fsp3) is 0.421. The van der Waals surface area contributed by atoms with Crippen LogP contribution in [0.3, 0.4) is 0 Å².